The van der Waals surface area contributed by atoms with Gasteiger partial charge in [0, 0.05) is 6.04 Å². The van der Waals surface area contributed by atoms with E-state index in [0.29, 0.717) is 24.4 Å². The summed E-state index contributed by atoms with van der Waals surface area (Å²) in [7, 11) is -4.17. The first-order valence-electron chi connectivity index (χ1n) is 11.4. The van der Waals surface area contributed by atoms with E-state index in [1.54, 1.807) is 0 Å². The molecule has 0 radical (unpaired) electrons. The Kier molecular flexibility index (Phi) is 5.35. The molecule has 2 aromatic carbocycles. The van der Waals surface area contributed by atoms with Crippen molar-refractivity contribution in [1.29, 1.82) is 0 Å². The van der Waals surface area contributed by atoms with Crippen molar-refractivity contribution in [2.24, 2.45) is 17.3 Å². The molecule has 166 valence electrons. The van der Waals surface area contributed by atoms with Crippen LogP contribution in [0.1, 0.15) is 61.6 Å². The Morgan fingerprint density at radius 3 is 2.68 bits per heavy atom. The molecular formula is C25H31NO4S. The SMILES string of the molecule is C[C@]12CC[C@@H]3c4ccc(OCc5ccccc5)cc4CC[C@H]3[C@@H]1CC[C@H]2NS(=O)(=O)O. The highest BCUT2D eigenvalue weighted by Crippen LogP contribution is 2.61. The van der Waals surface area contributed by atoms with Gasteiger partial charge in [-0.3, -0.25) is 4.55 Å². The van der Waals surface area contributed by atoms with Crippen molar-refractivity contribution >= 4 is 10.3 Å². The number of hydrogen-bond donors (Lipinski definition) is 2. The summed E-state index contributed by atoms with van der Waals surface area (Å²) in [5.41, 5.74) is 3.95. The van der Waals surface area contributed by atoms with Gasteiger partial charge in [-0.2, -0.15) is 13.1 Å². The third kappa shape index (κ3) is 4.01. The summed E-state index contributed by atoms with van der Waals surface area (Å²) < 4.78 is 40.8. The lowest BCUT2D eigenvalue weighted by molar-refractivity contribution is 0.0457. The minimum Gasteiger partial charge on any atom is -0.489 e. The fourth-order valence-electron chi connectivity index (χ4n) is 6.76. The maximum absolute atomic E-state index is 11.5. The Balaban J connectivity index is 1.32. The second-order valence-corrected chi connectivity index (χ2v) is 11.0. The summed E-state index contributed by atoms with van der Waals surface area (Å²) in [6, 6.07) is 16.7. The summed E-state index contributed by atoms with van der Waals surface area (Å²) in [6.07, 6.45) is 6.07. The quantitative estimate of drug-likeness (QED) is 0.648. The maximum atomic E-state index is 11.5. The Labute approximate surface area is 185 Å². The molecule has 0 spiro atoms. The van der Waals surface area contributed by atoms with Crippen LogP contribution in [0, 0.1) is 17.3 Å². The van der Waals surface area contributed by atoms with Gasteiger partial charge in [-0.1, -0.05) is 43.3 Å². The van der Waals surface area contributed by atoms with Gasteiger partial charge in [-0.25, -0.2) is 0 Å². The van der Waals surface area contributed by atoms with Gasteiger partial charge in [0.05, 0.1) is 0 Å². The van der Waals surface area contributed by atoms with E-state index < -0.39 is 10.3 Å². The highest BCUT2D eigenvalue weighted by Gasteiger charge is 2.55. The predicted octanol–water partition coefficient (Wildman–Crippen LogP) is 4.88. The molecule has 0 bridgehead atoms. The monoisotopic (exact) mass is 441 g/mol. The normalized spacial score (nSPS) is 32.1. The first-order chi connectivity index (χ1) is 14.8. The van der Waals surface area contributed by atoms with Crippen molar-refractivity contribution in [3.63, 3.8) is 0 Å². The smallest absolute Gasteiger partial charge is 0.333 e. The molecule has 0 aliphatic heterocycles. The third-order valence-corrected chi connectivity index (χ3v) is 8.82. The van der Waals surface area contributed by atoms with Gasteiger partial charge >= 0.3 is 10.3 Å². The van der Waals surface area contributed by atoms with Crippen LogP contribution >= 0.6 is 0 Å². The number of hydrogen-bond acceptors (Lipinski definition) is 3. The Hall–Kier alpha value is -1.89. The molecule has 0 amide bonds. The fourth-order valence-corrected chi connectivity index (χ4v) is 7.51. The average Bonchev–Trinajstić information content (AvgIpc) is 3.07. The van der Waals surface area contributed by atoms with Crippen molar-refractivity contribution in [3.05, 3.63) is 65.2 Å². The largest absolute Gasteiger partial charge is 0.489 e. The molecule has 2 saturated carbocycles. The molecule has 2 N–H and O–H groups in total. The molecule has 5 rings (SSSR count). The van der Waals surface area contributed by atoms with Crippen molar-refractivity contribution in [3.8, 4) is 5.75 Å². The van der Waals surface area contributed by atoms with E-state index in [2.05, 4.69) is 42.0 Å². The lowest BCUT2D eigenvalue weighted by Crippen LogP contribution is -2.49. The molecule has 0 heterocycles. The molecule has 2 fully saturated rings. The lowest BCUT2D eigenvalue weighted by Gasteiger charge is -2.50. The summed E-state index contributed by atoms with van der Waals surface area (Å²) >= 11 is 0. The molecule has 0 saturated heterocycles. The zero-order valence-corrected chi connectivity index (χ0v) is 18.8. The molecule has 0 unspecified atom stereocenters. The Bertz CT molecular complexity index is 1050. The van der Waals surface area contributed by atoms with Gasteiger partial charge in [0.1, 0.15) is 12.4 Å². The minimum absolute atomic E-state index is 0.0762. The number of ether oxygens (including phenoxy) is 1. The van der Waals surface area contributed by atoms with E-state index >= 15 is 0 Å². The van der Waals surface area contributed by atoms with Crippen molar-refractivity contribution in [2.75, 3.05) is 0 Å². The first kappa shape index (κ1) is 21.0. The number of nitrogens with one attached hydrogen (secondary N) is 1. The maximum Gasteiger partial charge on any atom is 0.333 e. The first-order valence-corrected chi connectivity index (χ1v) is 12.8. The number of rotatable bonds is 5. The van der Waals surface area contributed by atoms with Crippen LogP contribution < -0.4 is 9.46 Å². The van der Waals surface area contributed by atoms with Crippen molar-refractivity contribution < 1.29 is 17.7 Å². The van der Waals surface area contributed by atoms with E-state index in [1.807, 2.05) is 18.2 Å². The van der Waals surface area contributed by atoms with Crippen LogP contribution in [0.2, 0.25) is 0 Å². The van der Waals surface area contributed by atoms with Crippen LogP contribution in [-0.4, -0.2) is 19.0 Å². The van der Waals surface area contributed by atoms with Crippen LogP contribution in [0.25, 0.3) is 0 Å². The summed E-state index contributed by atoms with van der Waals surface area (Å²) in [6.45, 7) is 2.80. The summed E-state index contributed by atoms with van der Waals surface area (Å²) in [5.74, 6) is 2.54. The number of benzene rings is 2. The standard InChI is InChI=1S/C25H31NO4S/c1-25-14-13-21-20-10-8-19(30-16-17-5-3-2-4-6-17)15-18(20)7-9-22(21)23(25)11-12-24(25)26-31(27,28)29/h2-6,8,10,15,21-24,26H,7,9,11-14,16H2,1H3,(H,27,28,29)/t21-,22-,23+,24-,25+/m1/s1. The number of fused-ring (bicyclic) bond motifs is 5. The van der Waals surface area contributed by atoms with Crippen LogP contribution in [0.5, 0.6) is 5.75 Å². The Morgan fingerprint density at radius 2 is 1.90 bits per heavy atom. The van der Waals surface area contributed by atoms with Crippen molar-refractivity contribution in [1.82, 2.24) is 4.72 Å². The topological polar surface area (TPSA) is 75.6 Å². The van der Waals surface area contributed by atoms with E-state index in [9.17, 15) is 13.0 Å². The zero-order chi connectivity index (χ0) is 21.6. The zero-order valence-electron chi connectivity index (χ0n) is 18.0. The molecule has 5 atom stereocenters. The van der Waals surface area contributed by atoms with Gasteiger partial charge in [-0.15, -0.1) is 0 Å². The lowest BCUT2D eigenvalue weighted by atomic mass is 9.55. The Morgan fingerprint density at radius 1 is 1.10 bits per heavy atom. The highest BCUT2D eigenvalue weighted by molar-refractivity contribution is 7.83. The van der Waals surface area contributed by atoms with Gasteiger partial charge in [-0.05, 0) is 90.5 Å². The molecule has 3 aliphatic carbocycles. The van der Waals surface area contributed by atoms with Crippen molar-refractivity contribution in [2.45, 2.75) is 64.0 Å². The predicted molar refractivity (Wildman–Crippen MR) is 120 cm³/mol. The summed E-state index contributed by atoms with van der Waals surface area (Å²) in [5, 5.41) is 0. The fraction of sp³-hybridized carbons (Fsp3) is 0.520. The van der Waals surface area contributed by atoms with E-state index in [4.69, 9.17) is 4.74 Å². The van der Waals surface area contributed by atoms with E-state index in [-0.39, 0.29) is 11.5 Å². The van der Waals surface area contributed by atoms with Gasteiger partial charge in [0.15, 0.2) is 0 Å². The second kappa shape index (κ2) is 7.91. The molecule has 6 heteroatoms. The van der Waals surface area contributed by atoms with E-state index in [1.165, 1.54) is 16.7 Å². The van der Waals surface area contributed by atoms with Crippen LogP contribution in [0.4, 0.5) is 0 Å². The molecule has 5 nitrogen and oxygen atoms in total. The average molecular weight is 442 g/mol. The third-order valence-electron chi connectivity index (χ3n) is 8.24. The van der Waals surface area contributed by atoms with Crippen LogP contribution in [0.3, 0.4) is 0 Å². The van der Waals surface area contributed by atoms with Gasteiger partial charge < -0.3 is 4.74 Å². The van der Waals surface area contributed by atoms with Gasteiger partial charge in [0.2, 0.25) is 0 Å². The summed E-state index contributed by atoms with van der Waals surface area (Å²) in [4.78, 5) is 0. The minimum atomic E-state index is -4.17. The molecule has 3 aliphatic rings. The molecular weight excluding hydrogens is 410 g/mol. The van der Waals surface area contributed by atoms with Gasteiger partial charge in [0.25, 0.3) is 0 Å². The highest BCUT2D eigenvalue weighted by atomic mass is 32.2. The molecule has 31 heavy (non-hydrogen) atoms. The van der Waals surface area contributed by atoms with E-state index in [0.717, 1.165) is 44.3 Å². The molecule has 0 aromatic heterocycles. The number of aryl methyl sites for hydroxylation is 1. The second-order valence-electron chi connectivity index (χ2n) is 9.82. The molecule has 2 aromatic rings. The van der Waals surface area contributed by atoms with Crippen LogP contribution in [-0.2, 0) is 23.3 Å². The van der Waals surface area contributed by atoms with Crippen LogP contribution in [0.15, 0.2) is 48.5 Å².